The fourth-order valence-corrected chi connectivity index (χ4v) is 3.62. The number of nitrogens with two attached hydrogens (primary N) is 1. The van der Waals surface area contributed by atoms with E-state index >= 15 is 0 Å². The second kappa shape index (κ2) is 6.84. The van der Waals surface area contributed by atoms with E-state index in [-0.39, 0.29) is 18.9 Å². The van der Waals surface area contributed by atoms with Gasteiger partial charge in [-0.1, -0.05) is 0 Å². The molecule has 2 aliphatic heterocycles. The number of likely N-dealkylation sites (tertiary alicyclic amines) is 1. The van der Waals surface area contributed by atoms with Crippen LogP contribution in [-0.4, -0.2) is 73.4 Å². The molecular formula is C15H25F3N4O. The third-order valence-corrected chi connectivity index (χ3v) is 5.25. The largest absolute Gasteiger partial charge is 0.391 e. The highest BCUT2D eigenvalue weighted by molar-refractivity contribution is 5.78. The molecular weight excluding hydrogens is 309 g/mol. The van der Waals surface area contributed by atoms with E-state index in [0.717, 1.165) is 25.9 Å². The van der Waals surface area contributed by atoms with Crippen LogP contribution in [0.25, 0.3) is 0 Å². The Morgan fingerprint density at radius 2 is 1.65 bits per heavy atom. The predicted molar refractivity (Wildman–Crippen MR) is 81.2 cm³/mol. The predicted octanol–water partition coefficient (Wildman–Crippen LogP) is 1.44. The van der Waals surface area contributed by atoms with Crippen LogP contribution in [0.15, 0.2) is 4.99 Å². The Morgan fingerprint density at radius 1 is 1.04 bits per heavy atom. The van der Waals surface area contributed by atoms with E-state index in [9.17, 15) is 13.2 Å². The van der Waals surface area contributed by atoms with Crippen molar-refractivity contribution < 1.29 is 17.9 Å². The van der Waals surface area contributed by atoms with Crippen LogP contribution in [0.4, 0.5) is 13.2 Å². The van der Waals surface area contributed by atoms with E-state index in [1.807, 2.05) is 4.90 Å². The summed E-state index contributed by atoms with van der Waals surface area (Å²) in [6, 6.07) is 0.582. The molecule has 0 amide bonds. The lowest BCUT2D eigenvalue weighted by molar-refractivity contribution is -0.187. The van der Waals surface area contributed by atoms with Gasteiger partial charge < -0.3 is 20.3 Å². The summed E-state index contributed by atoms with van der Waals surface area (Å²) in [5.41, 5.74) is 6.03. The van der Waals surface area contributed by atoms with Crippen molar-refractivity contribution in [3.8, 4) is 0 Å². The van der Waals surface area contributed by atoms with Gasteiger partial charge in [0.2, 0.25) is 0 Å². The maximum Gasteiger partial charge on any atom is 0.391 e. The molecule has 0 aromatic heterocycles. The highest BCUT2D eigenvalue weighted by atomic mass is 19.4. The second-order valence-corrected chi connectivity index (χ2v) is 6.72. The molecule has 1 saturated carbocycles. The minimum Gasteiger partial charge on any atom is -0.378 e. The van der Waals surface area contributed by atoms with Gasteiger partial charge in [-0.15, -0.1) is 0 Å². The quantitative estimate of drug-likeness (QED) is 0.613. The zero-order valence-electron chi connectivity index (χ0n) is 13.3. The first-order valence-electron chi connectivity index (χ1n) is 8.40. The fourth-order valence-electron chi connectivity index (χ4n) is 3.62. The van der Waals surface area contributed by atoms with Gasteiger partial charge in [-0.05, 0) is 38.8 Å². The Bertz CT molecular complexity index is 423. The molecule has 1 aliphatic carbocycles. The Morgan fingerprint density at radius 3 is 2.22 bits per heavy atom. The van der Waals surface area contributed by atoms with Crippen LogP contribution >= 0.6 is 0 Å². The zero-order valence-corrected chi connectivity index (χ0v) is 13.3. The van der Waals surface area contributed by atoms with Gasteiger partial charge in [-0.25, -0.2) is 4.99 Å². The van der Waals surface area contributed by atoms with Crippen LogP contribution in [0, 0.1) is 5.92 Å². The van der Waals surface area contributed by atoms with E-state index in [4.69, 9.17) is 10.5 Å². The van der Waals surface area contributed by atoms with Gasteiger partial charge in [0.05, 0.1) is 25.2 Å². The normalized spacial score (nSPS) is 32.0. The SMILES string of the molecule is NC(=NC1CC(N2CCC(C(F)(F)F)CC2)C1)N1CCOCC1. The van der Waals surface area contributed by atoms with Crippen molar-refractivity contribution in [3.05, 3.63) is 0 Å². The second-order valence-electron chi connectivity index (χ2n) is 6.72. The monoisotopic (exact) mass is 334 g/mol. The maximum absolute atomic E-state index is 12.7. The molecule has 132 valence electrons. The minimum atomic E-state index is -4.04. The average Bonchev–Trinajstić information content (AvgIpc) is 2.50. The number of halogens is 3. The fraction of sp³-hybridized carbons (Fsp3) is 0.933. The summed E-state index contributed by atoms with van der Waals surface area (Å²) in [7, 11) is 0. The van der Waals surface area contributed by atoms with E-state index in [0.29, 0.717) is 38.3 Å². The highest BCUT2D eigenvalue weighted by Crippen LogP contribution is 2.37. The number of guanidine groups is 1. The Hall–Kier alpha value is -1.02. The third kappa shape index (κ3) is 4.09. The summed E-state index contributed by atoms with van der Waals surface area (Å²) in [5, 5.41) is 0. The number of rotatable bonds is 2. The van der Waals surface area contributed by atoms with Crippen LogP contribution in [-0.2, 0) is 4.74 Å². The average molecular weight is 334 g/mol. The Labute approximate surface area is 134 Å². The molecule has 2 N–H and O–H groups in total. The number of nitrogens with zero attached hydrogens (tertiary/aromatic N) is 3. The van der Waals surface area contributed by atoms with Crippen molar-refractivity contribution in [1.29, 1.82) is 0 Å². The molecule has 5 nitrogen and oxygen atoms in total. The summed E-state index contributed by atoms with van der Waals surface area (Å²) >= 11 is 0. The molecule has 0 spiro atoms. The van der Waals surface area contributed by atoms with Crippen LogP contribution in [0.5, 0.6) is 0 Å². The lowest BCUT2D eigenvalue weighted by atomic mass is 9.83. The molecule has 23 heavy (non-hydrogen) atoms. The van der Waals surface area contributed by atoms with Crippen LogP contribution < -0.4 is 5.73 Å². The maximum atomic E-state index is 12.7. The van der Waals surface area contributed by atoms with Gasteiger partial charge in [0.1, 0.15) is 0 Å². The number of morpholine rings is 1. The lowest BCUT2D eigenvalue weighted by Crippen LogP contribution is -2.52. The van der Waals surface area contributed by atoms with Crippen molar-refractivity contribution >= 4 is 5.96 Å². The number of hydrogen-bond acceptors (Lipinski definition) is 3. The molecule has 8 heteroatoms. The van der Waals surface area contributed by atoms with E-state index in [1.165, 1.54) is 0 Å². The molecule has 0 bridgehead atoms. The number of alkyl halides is 3. The van der Waals surface area contributed by atoms with Gasteiger partial charge in [-0.2, -0.15) is 13.2 Å². The Balaban J connectivity index is 1.41. The van der Waals surface area contributed by atoms with Gasteiger partial charge in [0.25, 0.3) is 0 Å². The summed E-state index contributed by atoms with van der Waals surface area (Å²) in [6.45, 7) is 4.00. The number of piperidine rings is 1. The number of aliphatic imine (C=N–C) groups is 1. The molecule has 2 heterocycles. The summed E-state index contributed by atoms with van der Waals surface area (Å²) in [6.07, 6.45) is -1.78. The number of ether oxygens (including phenoxy) is 1. The van der Waals surface area contributed by atoms with Gasteiger partial charge in [0, 0.05) is 19.1 Å². The first-order valence-corrected chi connectivity index (χ1v) is 8.40. The molecule has 0 unspecified atom stereocenters. The first-order chi connectivity index (χ1) is 10.9. The molecule has 3 aliphatic rings. The zero-order chi connectivity index (χ0) is 16.4. The smallest absolute Gasteiger partial charge is 0.378 e. The van der Waals surface area contributed by atoms with Crippen LogP contribution in [0.3, 0.4) is 0 Å². The summed E-state index contributed by atoms with van der Waals surface area (Å²) < 4.78 is 43.3. The van der Waals surface area contributed by atoms with Crippen molar-refractivity contribution in [2.75, 3.05) is 39.4 Å². The van der Waals surface area contributed by atoms with Crippen molar-refractivity contribution in [3.63, 3.8) is 0 Å². The van der Waals surface area contributed by atoms with Crippen LogP contribution in [0.2, 0.25) is 0 Å². The lowest BCUT2D eigenvalue weighted by Gasteiger charge is -2.45. The standard InChI is InChI=1S/C15H25F3N4O/c16-15(17,18)11-1-3-21(4-2-11)13-9-12(10-13)20-14(19)22-5-7-23-8-6-22/h11-13H,1-10H2,(H2,19,20). The molecule has 2 saturated heterocycles. The van der Waals surface area contributed by atoms with Crippen LogP contribution in [0.1, 0.15) is 25.7 Å². The Kier molecular flexibility index (Phi) is 5.01. The minimum absolute atomic E-state index is 0.211. The topological polar surface area (TPSA) is 54.1 Å². The van der Waals surface area contributed by atoms with Crippen molar-refractivity contribution in [2.24, 2.45) is 16.6 Å². The van der Waals surface area contributed by atoms with E-state index in [2.05, 4.69) is 9.89 Å². The van der Waals surface area contributed by atoms with Crippen molar-refractivity contribution in [2.45, 2.75) is 43.9 Å². The molecule has 0 aromatic rings. The van der Waals surface area contributed by atoms with Crippen molar-refractivity contribution in [1.82, 2.24) is 9.80 Å². The molecule has 0 aromatic carbocycles. The number of hydrogen-bond donors (Lipinski definition) is 1. The van der Waals surface area contributed by atoms with E-state index < -0.39 is 12.1 Å². The van der Waals surface area contributed by atoms with Gasteiger partial charge in [0.15, 0.2) is 5.96 Å². The summed E-state index contributed by atoms with van der Waals surface area (Å²) in [5.74, 6) is -0.544. The van der Waals surface area contributed by atoms with Gasteiger partial charge in [-0.3, -0.25) is 0 Å². The van der Waals surface area contributed by atoms with Gasteiger partial charge >= 0.3 is 6.18 Å². The highest BCUT2D eigenvalue weighted by Gasteiger charge is 2.43. The summed E-state index contributed by atoms with van der Waals surface area (Å²) in [4.78, 5) is 8.79. The molecule has 3 rings (SSSR count). The molecule has 3 fully saturated rings. The molecule has 0 atom stereocenters. The first kappa shape index (κ1) is 16.8. The molecule has 0 radical (unpaired) electrons. The third-order valence-electron chi connectivity index (χ3n) is 5.25. The van der Waals surface area contributed by atoms with E-state index in [1.54, 1.807) is 0 Å².